The van der Waals surface area contributed by atoms with Gasteiger partial charge in [-0.3, -0.25) is 4.79 Å². The summed E-state index contributed by atoms with van der Waals surface area (Å²) in [5.74, 6) is 0.0368. The zero-order chi connectivity index (χ0) is 21.8. The van der Waals surface area contributed by atoms with Crippen molar-refractivity contribution in [2.45, 2.75) is 39.7 Å². The number of amidine groups is 1. The largest absolute Gasteiger partial charge is 0.466 e. The van der Waals surface area contributed by atoms with Crippen molar-refractivity contribution in [3.8, 4) is 0 Å². The van der Waals surface area contributed by atoms with Gasteiger partial charge in [-0.15, -0.1) is 0 Å². The number of halogens is 1. The van der Waals surface area contributed by atoms with Crippen molar-refractivity contribution in [1.29, 1.82) is 0 Å². The van der Waals surface area contributed by atoms with Gasteiger partial charge in [0.05, 0.1) is 30.8 Å². The molecule has 0 saturated carbocycles. The van der Waals surface area contributed by atoms with Gasteiger partial charge in [0, 0.05) is 17.3 Å². The summed E-state index contributed by atoms with van der Waals surface area (Å²) in [4.78, 5) is 31.7. The molecule has 0 saturated heterocycles. The van der Waals surface area contributed by atoms with E-state index in [9.17, 15) is 9.59 Å². The second-order valence-electron chi connectivity index (χ2n) is 7.65. The number of nitrogens with one attached hydrogen (secondary N) is 1. The van der Waals surface area contributed by atoms with E-state index in [1.54, 1.807) is 19.1 Å². The van der Waals surface area contributed by atoms with Gasteiger partial charge in [-0.1, -0.05) is 49.3 Å². The molecule has 1 aromatic rings. The van der Waals surface area contributed by atoms with Crippen molar-refractivity contribution in [1.82, 2.24) is 10.2 Å². The Morgan fingerprint density at radius 2 is 2.00 bits per heavy atom. The predicted octanol–water partition coefficient (Wildman–Crippen LogP) is 4.64. The zero-order valence-electron chi connectivity index (χ0n) is 17.6. The van der Waals surface area contributed by atoms with Crippen LogP contribution in [0.4, 0.5) is 0 Å². The third-order valence-electron chi connectivity index (χ3n) is 4.98. The Kier molecular flexibility index (Phi) is 7.26. The van der Waals surface area contributed by atoms with Crippen molar-refractivity contribution in [2.24, 2.45) is 10.9 Å². The van der Waals surface area contributed by atoms with Crippen molar-refractivity contribution in [2.75, 3.05) is 13.7 Å². The van der Waals surface area contributed by atoms with Crippen molar-refractivity contribution in [3.63, 3.8) is 0 Å². The lowest BCUT2D eigenvalue weighted by atomic mass is 9.94. The van der Waals surface area contributed by atoms with Crippen LogP contribution in [0.3, 0.4) is 0 Å². The van der Waals surface area contributed by atoms with E-state index in [-0.39, 0.29) is 12.3 Å². The molecule has 1 amide bonds. The first-order valence-electron chi connectivity index (χ1n) is 9.86. The molecule has 160 valence electrons. The van der Waals surface area contributed by atoms with Crippen LogP contribution in [0.25, 0.3) is 0 Å². The highest BCUT2D eigenvalue weighted by atomic mass is 35.5. The predicted molar refractivity (Wildman–Crippen MR) is 121 cm³/mol. The monoisotopic (exact) mass is 447 g/mol. The van der Waals surface area contributed by atoms with Crippen molar-refractivity contribution in [3.05, 3.63) is 57.2 Å². The van der Waals surface area contributed by atoms with Gasteiger partial charge < -0.3 is 15.0 Å². The van der Waals surface area contributed by atoms with Gasteiger partial charge >= 0.3 is 5.97 Å². The fourth-order valence-electron chi connectivity index (χ4n) is 3.43. The molecule has 2 heterocycles. The van der Waals surface area contributed by atoms with Gasteiger partial charge in [-0.2, -0.15) is 0 Å². The molecule has 3 rings (SSSR count). The minimum atomic E-state index is -0.438. The van der Waals surface area contributed by atoms with Crippen LogP contribution in [0, 0.1) is 5.92 Å². The minimum Gasteiger partial charge on any atom is -0.466 e. The second kappa shape index (κ2) is 9.71. The number of esters is 1. The molecule has 0 radical (unpaired) electrons. The molecule has 30 heavy (non-hydrogen) atoms. The smallest absolute Gasteiger partial charge is 0.338 e. The summed E-state index contributed by atoms with van der Waals surface area (Å²) in [6.45, 7) is 6.69. The number of ether oxygens (including phenoxy) is 1. The van der Waals surface area contributed by atoms with Gasteiger partial charge in [-0.25, -0.2) is 9.79 Å². The molecule has 8 heteroatoms. The third-order valence-corrected chi connectivity index (χ3v) is 6.12. The first-order chi connectivity index (χ1) is 14.3. The number of carbonyl (C=O) groups excluding carboxylic acids is 2. The van der Waals surface area contributed by atoms with Gasteiger partial charge in [0.25, 0.3) is 0 Å². The molecule has 0 aromatic heterocycles. The van der Waals surface area contributed by atoms with Crippen LogP contribution >= 0.6 is 23.4 Å². The Bertz CT molecular complexity index is 922. The maximum Gasteiger partial charge on any atom is 0.338 e. The summed E-state index contributed by atoms with van der Waals surface area (Å²) in [7, 11) is 1.36. The van der Waals surface area contributed by atoms with Crippen LogP contribution in [0.15, 0.2) is 51.6 Å². The summed E-state index contributed by atoms with van der Waals surface area (Å²) >= 11 is 7.53. The van der Waals surface area contributed by atoms with Crippen LogP contribution in [-0.4, -0.2) is 35.6 Å². The Balaban J connectivity index is 1.90. The van der Waals surface area contributed by atoms with Crippen LogP contribution in [0.5, 0.6) is 0 Å². The van der Waals surface area contributed by atoms with Gasteiger partial charge in [0.15, 0.2) is 5.17 Å². The number of fused-ring (bicyclic) bond motifs is 1. The molecule has 0 bridgehead atoms. The number of amides is 1. The molecular formula is C22H26ClN3O3S. The van der Waals surface area contributed by atoms with Gasteiger partial charge in [-0.05, 0) is 42.4 Å². The lowest BCUT2D eigenvalue weighted by molar-refractivity contribution is -0.136. The maximum atomic E-state index is 12.6. The van der Waals surface area contributed by atoms with Crippen LogP contribution in [0.1, 0.15) is 45.2 Å². The second-order valence-corrected chi connectivity index (χ2v) is 8.92. The Labute approximate surface area is 186 Å². The Morgan fingerprint density at radius 3 is 2.63 bits per heavy atom. The summed E-state index contributed by atoms with van der Waals surface area (Å²) in [6.07, 6.45) is 1.14. The third kappa shape index (κ3) is 4.90. The van der Waals surface area contributed by atoms with Crippen molar-refractivity contribution >= 4 is 40.4 Å². The quantitative estimate of drug-likeness (QED) is 0.616. The number of nitrogens with zero attached hydrogens (tertiary/aromatic N) is 2. The number of carbonyl (C=O) groups is 2. The van der Waals surface area contributed by atoms with E-state index in [1.807, 2.05) is 22.4 Å². The molecule has 1 N–H and O–H groups in total. The van der Waals surface area contributed by atoms with Gasteiger partial charge in [0.1, 0.15) is 0 Å². The number of rotatable bonds is 7. The maximum absolute atomic E-state index is 12.6. The van der Waals surface area contributed by atoms with E-state index >= 15 is 0 Å². The van der Waals surface area contributed by atoms with Crippen LogP contribution < -0.4 is 5.32 Å². The lowest BCUT2D eigenvalue weighted by Gasteiger charge is -2.36. The van der Waals surface area contributed by atoms with Crippen molar-refractivity contribution < 1.29 is 14.3 Å². The van der Waals surface area contributed by atoms with E-state index in [0.717, 1.165) is 22.8 Å². The normalized spacial score (nSPS) is 18.2. The fourth-order valence-corrected chi connectivity index (χ4v) is 4.52. The van der Waals surface area contributed by atoms with E-state index in [2.05, 4.69) is 24.2 Å². The highest BCUT2D eigenvalue weighted by Gasteiger charge is 2.40. The average Bonchev–Trinajstić information content (AvgIpc) is 3.08. The fraction of sp³-hybridized carbons (Fsp3) is 0.409. The van der Waals surface area contributed by atoms with E-state index in [4.69, 9.17) is 16.3 Å². The topological polar surface area (TPSA) is 71.0 Å². The number of benzene rings is 1. The number of aliphatic imine (C=N–C) groups is 1. The first kappa shape index (κ1) is 22.4. The number of methoxy groups -OCH3 is 1. The zero-order valence-corrected chi connectivity index (χ0v) is 19.1. The minimum absolute atomic E-state index is 0.0514. The molecular weight excluding hydrogens is 422 g/mol. The SMILES string of the molecule is COC(=O)C1=C(C)N=C2SC=C(CC(=O)NCCC(C)C)N2[C@H]1c1ccc(Cl)cc1. The van der Waals surface area contributed by atoms with E-state index in [0.29, 0.717) is 28.8 Å². The lowest BCUT2D eigenvalue weighted by Crippen LogP contribution is -2.38. The standard InChI is InChI=1S/C22H26ClN3O3S/c1-13(2)9-10-24-18(27)11-17-12-30-22-25-14(3)19(21(28)29-4)20(26(17)22)15-5-7-16(23)8-6-15/h5-8,12-13,20H,9-11H2,1-4H3,(H,24,27)/t20-/m0/s1. The summed E-state index contributed by atoms with van der Waals surface area (Å²) < 4.78 is 5.05. The van der Waals surface area contributed by atoms with E-state index < -0.39 is 12.0 Å². The molecule has 1 atom stereocenters. The Morgan fingerprint density at radius 1 is 1.30 bits per heavy atom. The summed E-state index contributed by atoms with van der Waals surface area (Å²) in [6, 6.07) is 6.91. The number of allylic oxidation sites excluding steroid dienone is 1. The number of hydrogen-bond acceptors (Lipinski definition) is 6. The average molecular weight is 448 g/mol. The molecule has 1 aromatic carbocycles. The molecule has 0 unspecified atom stereocenters. The van der Waals surface area contributed by atoms with Crippen LogP contribution in [0.2, 0.25) is 5.02 Å². The first-order valence-corrected chi connectivity index (χ1v) is 11.1. The highest BCUT2D eigenvalue weighted by Crippen LogP contribution is 2.44. The van der Waals surface area contributed by atoms with Crippen LogP contribution in [-0.2, 0) is 14.3 Å². The molecule has 2 aliphatic heterocycles. The number of hydrogen-bond donors (Lipinski definition) is 1. The van der Waals surface area contributed by atoms with Gasteiger partial charge in [0.2, 0.25) is 5.91 Å². The molecule has 0 fully saturated rings. The van der Waals surface area contributed by atoms with E-state index in [1.165, 1.54) is 18.9 Å². The summed E-state index contributed by atoms with van der Waals surface area (Å²) in [5, 5.41) is 6.26. The molecule has 2 aliphatic rings. The highest BCUT2D eigenvalue weighted by molar-refractivity contribution is 8.16. The molecule has 0 aliphatic carbocycles. The molecule has 6 nitrogen and oxygen atoms in total. The summed E-state index contributed by atoms with van der Waals surface area (Å²) in [5.41, 5.74) is 2.74. The molecule has 0 spiro atoms. The Hall–Kier alpha value is -2.25. The number of thioether (sulfide) groups is 1.